The van der Waals surface area contributed by atoms with E-state index in [1.54, 1.807) is 0 Å². The first kappa shape index (κ1) is 30.2. The summed E-state index contributed by atoms with van der Waals surface area (Å²) in [6, 6.07) is 40.8. The smallest absolute Gasteiger partial charge is 0.349 e. The number of aromatic nitrogens is 2. The molecule has 0 saturated heterocycles. The SMILES string of the molecule is CC(C)c1ccnc(-n2c3[c-]c(C(C)(C)c4[c-]c(N5CN(C(C)C)c6ccccc65)ccc4)ccc3c3ccccc32)c1.[Pt+2]. The Hall–Kier alpha value is -3.88. The minimum absolute atomic E-state index is 0. The fraction of sp³-hybridized carbons (Fsp3) is 0.256. The fourth-order valence-corrected chi connectivity index (χ4v) is 6.42. The summed E-state index contributed by atoms with van der Waals surface area (Å²) in [6.07, 6.45) is 1.93. The van der Waals surface area contributed by atoms with Gasteiger partial charge in [-0.15, -0.1) is 11.5 Å². The molecule has 0 saturated carbocycles. The largest absolute Gasteiger partial charge is 2.00 e. The van der Waals surface area contributed by atoms with E-state index < -0.39 is 0 Å². The topological polar surface area (TPSA) is 24.3 Å². The average molecular weight is 758 g/mol. The third kappa shape index (κ3) is 4.94. The molecule has 224 valence electrons. The number of para-hydroxylation sites is 3. The minimum Gasteiger partial charge on any atom is -0.349 e. The quantitative estimate of drug-likeness (QED) is 0.158. The number of rotatable bonds is 6. The zero-order valence-electron chi connectivity index (χ0n) is 26.2. The molecule has 2 aromatic heterocycles. The average Bonchev–Trinajstić information content (AvgIpc) is 3.57. The van der Waals surface area contributed by atoms with Crippen molar-refractivity contribution in [2.45, 2.75) is 58.9 Å². The number of pyridine rings is 1. The Balaban J connectivity index is 0.00000343. The normalized spacial score (nSPS) is 13.3. The van der Waals surface area contributed by atoms with E-state index in [4.69, 9.17) is 4.98 Å². The van der Waals surface area contributed by atoms with E-state index in [9.17, 15) is 0 Å². The van der Waals surface area contributed by atoms with Gasteiger partial charge in [-0.25, -0.2) is 4.98 Å². The number of nitrogens with zero attached hydrogens (tertiary/aromatic N) is 4. The Bertz CT molecular complexity index is 1970. The molecule has 0 amide bonds. The van der Waals surface area contributed by atoms with E-state index in [1.165, 1.54) is 27.7 Å². The van der Waals surface area contributed by atoms with E-state index in [-0.39, 0.29) is 26.5 Å². The molecule has 0 fully saturated rings. The van der Waals surface area contributed by atoms with Crippen LogP contribution in [0.2, 0.25) is 0 Å². The third-order valence-corrected chi connectivity index (χ3v) is 9.07. The van der Waals surface area contributed by atoms with Crippen LogP contribution in [-0.4, -0.2) is 22.3 Å². The summed E-state index contributed by atoms with van der Waals surface area (Å²) in [7, 11) is 0. The van der Waals surface area contributed by atoms with Gasteiger partial charge in [0.05, 0.1) is 18.0 Å². The zero-order chi connectivity index (χ0) is 29.9. The second-order valence-electron chi connectivity index (χ2n) is 12.8. The van der Waals surface area contributed by atoms with Gasteiger partial charge in [0, 0.05) is 17.8 Å². The summed E-state index contributed by atoms with van der Waals surface area (Å²) < 4.78 is 2.28. The molecule has 0 bridgehead atoms. The molecule has 4 aromatic carbocycles. The van der Waals surface area contributed by atoms with Crippen molar-refractivity contribution in [3.05, 3.63) is 126 Å². The Kier molecular flexibility index (Phi) is 7.92. The van der Waals surface area contributed by atoms with Gasteiger partial charge in [0.15, 0.2) is 0 Å². The number of hydrogen-bond donors (Lipinski definition) is 0. The van der Waals surface area contributed by atoms with Gasteiger partial charge in [-0.05, 0) is 66.5 Å². The van der Waals surface area contributed by atoms with Crippen LogP contribution in [0.4, 0.5) is 17.1 Å². The van der Waals surface area contributed by atoms with E-state index >= 15 is 0 Å². The minimum atomic E-state index is -0.324. The standard InChI is InChI=1S/C39H38N4.Pt/c1-26(2)28-20-21-40-38(22-28)43-34-15-8-7-14-32(34)33-19-18-30(24-37(33)43)39(5,6)29-12-11-13-31(23-29)42-25-41(27(3)4)35-16-9-10-17-36(35)42;/h7-22,26-27H,25H2,1-6H3;/q-2;+2. The predicted molar refractivity (Wildman–Crippen MR) is 180 cm³/mol. The molecule has 0 aliphatic carbocycles. The Labute approximate surface area is 275 Å². The molecule has 6 aromatic rings. The Morgan fingerprint density at radius 2 is 1.48 bits per heavy atom. The Morgan fingerprint density at radius 1 is 0.750 bits per heavy atom. The summed E-state index contributed by atoms with van der Waals surface area (Å²) in [5, 5.41) is 2.40. The van der Waals surface area contributed by atoms with Crippen molar-refractivity contribution in [3.8, 4) is 5.82 Å². The summed E-state index contributed by atoms with van der Waals surface area (Å²) in [6.45, 7) is 14.3. The first-order valence-electron chi connectivity index (χ1n) is 15.3. The second-order valence-corrected chi connectivity index (χ2v) is 12.8. The number of fused-ring (bicyclic) bond motifs is 4. The zero-order valence-corrected chi connectivity index (χ0v) is 28.5. The van der Waals surface area contributed by atoms with Crippen molar-refractivity contribution in [2.75, 3.05) is 16.5 Å². The van der Waals surface area contributed by atoms with Crippen LogP contribution in [0.5, 0.6) is 0 Å². The van der Waals surface area contributed by atoms with Crippen molar-refractivity contribution >= 4 is 38.9 Å². The van der Waals surface area contributed by atoms with Gasteiger partial charge in [-0.1, -0.05) is 69.2 Å². The van der Waals surface area contributed by atoms with Crippen LogP contribution in [0.25, 0.3) is 27.6 Å². The molecule has 5 heteroatoms. The summed E-state index contributed by atoms with van der Waals surface area (Å²) in [4.78, 5) is 9.66. The van der Waals surface area contributed by atoms with Gasteiger partial charge in [0.25, 0.3) is 0 Å². The first-order valence-corrected chi connectivity index (χ1v) is 15.3. The van der Waals surface area contributed by atoms with Gasteiger partial charge in [-0.2, -0.15) is 47.5 Å². The van der Waals surface area contributed by atoms with Crippen LogP contribution in [0.1, 0.15) is 64.2 Å². The number of anilines is 3. The summed E-state index contributed by atoms with van der Waals surface area (Å²) >= 11 is 0. The predicted octanol–water partition coefficient (Wildman–Crippen LogP) is 9.55. The third-order valence-electron chi connectivity index (χ3n) is 9.07. The second kappa shape index (κ2) is 11.6. The molecule has 4 nitrogen and oxygen atoms in total. The van der Waals surface area contributed by atoms with Gasteiger partial charge in [0.1, 0.15) is 5.82 Å². The maximum atomic E-state index is 4.83. The summed E-state index contributed by atoms with van der Waals surface area (Å²) in [5.41, 5.74) is 9.02. The molecule has 0 atom stereocenters. The molecule has 3 heterocycles. The molecule has 0 radical (unpaired) electrons. The van der Waals surface area contributed by atoms with Crippen molar-refractivity contribution in [3.63, 3.8) is 0 Å². The molecule has 0 spiro atoms. The van der Waals surface area contributed by atoms with Gasteiger partial charge in [0.2, 0.25) is 0 Å². The number of hydrogen-bond acceptors (Lipinski definition) is 3. The molecular formula is C39H38N4Pt. The summed E-state index contributed by atoms with van der Waals surface area (Å²) in [5.74, 6) is 1.35. The van der Waals surface area contributed by atoms with Crippen molar-refractivity contribution in [2.24, 2.45) is 0 Å². The van der Waals surface area contributed by atoms with Gasteiger partial charge in [-0.3, -0.25) is 0 Å². The van der Waals surface area contributed by atoms with Crippen LogP contribution in [0.15, 0.2) is 97.2 Å². The maximum Gasteiger partial charge on any atom is 2.00 e. The monoisotopic (exact) mass is 757 g/mol. The Morgan fingerprint density at radius 3 is 2.25 bits per heavy atom. The van der Waals surface area contributed by atoms with E-state index in [0.717, 1.165) is 40.3 Å². The molecule has 1 aliphatic heterocycles. The van der Waals surface area contributed by atoms with Gasteiger partial charge < -0.3 is 14.4 Å². The van der Waals surface area contributed by atoms with Crippen LogP contribution in [0.3, 0.4) is 0 Å². The van der Waals surface area contributed by atoms with Crippen molar-refractivity contribution < 1.29 is 21.1 Å². The van der Waals surface area contributed by atoms with Crippen LogP contribution >= 0.6 is 0 Å². The van der Waals surface area contributed by atoms with E-state index in [0.29, 0.717) is 12.0 Å². The molecule has 0 unspecified atom stereocenters. The molecule has 1 aliphatic rings. The number of benzene rings is 4. The van der Waals surface area contributed by atoms with Gasteiger partial charge >= 0.3 is 21.1 Å². The van der Waals surface area contributed by atoms with Crippen LogP contribution in [-0.2, 0) is 26.5 Å². The van der Waals surface area contributed by atoms with E-state index in [2.05, 4.69) is 159 Å². The maximum absolute atomic E-state index is 4.83. The molecule has 44 heavy (non-hydrogen) atoms. The van der Waals surface area contributed by atoms with E-state index in [1.807, 2.05) is 6.20 Å². The van der Waals surface area contributed by atoms with Crippen LogP contribution < -0.4 is 9.80 Å². The van der Waals surface area contributed by atoms with Crippen LogP contribution in [0, 0.1) is 12.1 Å². The molecule has 7 rings (SSSR count). The first-order chi connectivity index (χ1) is 20.7. The molecular weight excluding hydrogens is 720 g/mol. The van der Waals surface area contributed by atoms with Crippen molar-refractivity contribution in [1.82, 2.24) is 9.55 Å². The fourth-order valence-electron chi connectivity index (χ4n) is 6.42. The van der Waals surface area contributed by atoms with Crippen molar-refractivity contribution in [1.29, 1.82) is 0 Å². The molecule has 0 N–H and O–H groups in total.